The van der Waals surface area contributed by atoms with Gasteiger partial charge in [0.05, 0.1) is 12.6 Å². The lowest BCUT2D eigenvalue weighted by Crippen LogP contribution is -2.46. The van der Waals surface area contributed by atoms with E-state index in [1.54, 1.807) is 0 Å². The molecule has 0 saturated carbocycles. The minimum absolute atomic E-state index is 0.0529. The highest BCUT2D eigenvalue weighted by molar-refractivity contribution is 5.82. The monoisotopic (exact) mass is 277 g/mol. The SMILES string of the molecule is CC(C)(C)CC(CO)NC(=O)C1Cc2ccccc2O1. The molecule has 0 saturated heterocycles. The van der Waals surface area contributed by atoms with Crippen LogP contribution in [0.2, 0.25) is 0 Å². The van der Waals surface area contributed by atoms with Crippen LogP contribution in [0.4, 0.5) is 0 Å². The fourth-order valence-corrected chi connectivity index (χ4v) is 2.52. The minimum Gasteiger partial charge on any atom is -0.480 e. The molecule has 20 heavy (non-hydrogen) atoms. The predicted octanol–water partition coefficient (Wildman–Crippen LogP) is 1.90. The molecule has 1 amide bonds. The summed E-state index contributed by atoms with van der Waals surface area (Å²) < 4.78 is 5.65. The highest BCUT2D eigenvalue weighted by Crippen LogP contribution is 2.28. The second-order valence-corrected chi connectivity index (χ2v) is 6.57. The van der Waals surface area contributed by atoms with Crippen molar-refractivity contribution in [2.45, 2.75) is 45.8 Å². The lowest BCUT2D eigenvalue weighted by Gasteiger charge is -2.26. The molecule has 4 heteroatoms. The Hall–Kier alpha value is -1.55. The van der Waals surface area contributed by atoms with Gasteiger partial charge in [-0.05, 0) is 23.5 Å². The largest absolute Gasteiger partial charge is 0.480 e. The van der Waals surface area contributed by atoms with Crippen LogP contribution >= 0.6 is 0 Å². The van der Waals surface area contributed by atoms with Crippen molar-refractivity contribution in [1.82, 2.24) is 5.32 Å². The van der Waals surface area contributed by atoms with E-state index in [2.05, 4.69) is 26.1 Å². The van der Waals surface area contributed by atoms with Gasteiger partial charge in [-0.1, -0.05) is 39.0 Å². The average molecular weight is 277 g/mol. The third-order valence-electron chi connectivity index (χ3n) is 3.37. The number of carbonyl (C=O) groups is 1. The average Bonchev–Trinajstić information content (AvgIpc) is 2.80. The molecule has 2 atom stereocenters. The van der Waals surface area contributed by atoms with Gasteiger partial charge in [0.25, 0.3) is 5.91 Å². The predicted molar refractivity (Wildman–Crippen MR) is 77.7 cm³/mol. The summed E-state index contributed by atoms with van der Waals surface area (Å²) in [7, 11) is 0. The van der Waals surface area contributed by atoms with E-state index in [1.165, 1.54) is 0 Å². The van der Waals surface area contributed by atoms with Crippen molar-refractivity contribution in [3.8, 4) is 5.75 Å². The standard InChI is InChI=1S/C16H23NO3/c1-16(2,3)9-12(10-18)17-15(19)14-8-11-6-4-5-7-13(11)20-14/h4-7,12,14,18H,8-10H2,1-3H3,(H,17,19). The molecule has 0 spiro atoms. The van der Waals surface area contributed by atoms with Crippen LogP contribution in [0.1, 0.15) is 32.8 Å². The summed E-state index contributed by atoms with van der Waals surface area (Å²) in [5, 5.41) is 12.3. The van der Waals surface area contributed by atoms with Crippen molar-refractivity contribution in [1.29, 1.82) is 0 Å². The van der Waals surface area contributed by atoms with E-state index in [1.807, 2.05) is 24.3 Å². The van der Waals surface area contributed by atoms with Gasteiger partial charge in [-0.25, -0.2) is 0 Å². The molecule has 2 N–H and O–H groups in total. The second-order valence-electron chi connectivity index (χ2n) is 6.57. The Kier molecular flexibility index (Phi) is 4.33. The van der Waals surface area contributed by atoms with Crippen LogP contribution in [0.25, 0.3) is 0 Å². The Morgan fingerprint density at radius 1 is 1.45 bits per heavy atom. The summed E-state index contributed by atoms with van der Waals surface area (Å²) in [6, 6.07) is 7.46. The van der Waals surface area contributed by atoms with Gasteiger partial charge in [0.1, 0.15) is 5.75 Å². The number of aliphatic hydroxyl groups excluding tert-OH is 1. The Balaban J connectivity index is 1.93. The van der Waals surface area contributed by atoms with Crippen LogP contribution in [0, 0.1) is 5.41 Å². The maximum absolute atomic E-state index is 12.2. The smallest absolute Gasteiger partial charge is 0.261 e. The summed E-state index contributed by atoms with van der Waals surface area (Å²) in [5.41, 5.74) is 1.12. The number of para-hydroxylation sites is 1. The molecule has 0 bridgehead atoms. The number of rotatable bonds is 4. The molecule has 1 aromatic rings. The number of amides is 1. The number of aliphatic hydroxyl groups is 1. The van der Waals surface area contributed by atoms with Crippen LogP contribution in [-0.4, -0.2) is 29.8 Å². The van der Waals surface area contributed by atoms with Gasteiger partial charge in [0.15, 0.2) is 6.10 Å². The van der Waals surface area contributed by atoms with Gasteiger partial charge in [0, 0.05) is 6.42 Å². The van der Waals surface area contributed by atoms with E-state index in [-0.39, 0.29) is 24.0 Å². The molecule has 1 aromatic carbocycles. The molecule has 2 rings (SSSR count). The molecule has 1 aliphatic rings. The Bertz CT molecular complexity index is 454. The normalized spacial score (nSPS) is 19.1. The van der Waals surface area contributed by atoms with E-state index in [4.69, 9.17) is 4.74 Å². The van der Waals surface area contributed by atoms with Gasteiger partial charge in [0.2, 0.25) is 0 Å². The van der Waals surface area contributed by atoms with Crippen molar-refractivity contribution < 1.29 is 14.6 Å². The number of fused-ring (bicyclic) bond motifs is 1. The number of nitrogens with one attached hydrogen (secondary N) is 1. The fourth-order valence-electron chi connectivity index (χ4n) is 2.52. The third-order valence-corrected chi connectivity index (χ3v) is 3.37. The number of carbonyl (C=O) groups excluding carboxylic acids is 1. The molecule has 0 fully saturated rings. The molecule has 1 heterocycles. The summed E-state index contributed by atoms with van der Waals surface area (Å²) in [6.45, 7) is 6.21. The zero-order valence-electron chi connectivity index (χ0n) is 12.3. The van der Waals surface area contributed by atoms with Gasteiger partial charge < -0.3 is 15.2 Å². The number of benzene rings is 1. The van der Waals surface area contributed by atoms with Crippen molar-refractivity contribution in [2.24, 2.45) is 5.41 Å². The minimum atomic E-state index is -0.485. The molecule has 1 aliphatic heterocycles. The lowest BCUT2D eigenvalue weighted by atomic mass is 9.88. The van der Waals surface area contributed by atoms with Gasteiger partial charge in [-0.3, -0.25) is 4.79 Å². The number of hydrogen-bond donors (Lipinski definition) is 2. The van der Waals surface area contributed by atoms with E-state index in [9.17, 15) is 9.90 Å². The maximum Gasteiger partial charge on any atom is 0.261 e. The van der Waals surface area contributed by atoms with Crippen LogP contribution in [0.3, 0.4) is 0 Å². The van der Waals surface area contributed by atoms with Crippen molar-refractivity contribution in [3.05, 3.63) is 29.8 Å². The Labute approximate surface area is 120 Å². The highest BCUT2D eigenvalue weighted by atomic mass is 16.5. The number of ether oxygens (including phenoxy) is 1. The topological polar surface area (TPSA) is 58.6 Å². The van der Waals surface area contributed by atoms with E-state index in [0.29, 0.717) is 6.42 Å². The zero-order chi connectivity index (χ0) is 14.8. The summed E-state index contributed by atoms with van der Waals surface area (Å²) >= 11 is 0. The van der Waals surface area contributed by atoms with Gasteiger partial charge in [-0.15, -0.1) is 0 Å². The summed E-state index contributed by atoms with van der Waals surface area (Å²) in [4.78, 5) is 12.2. The molecular weight excluding hydrogens is 254 g/mol. The van der Waals surface area contributed by atoms with Crippen LogP contribution < -0.4 is 10.1 Å². The molecule has 0 aliphatic carbocycles. The Morgan fingerprint density at radius 3 is 2.75 bits per heavy atom. The molecule has 110 valence electrons. The van der Waals surface area contributed by atoms with Gasteiger partial charge in [-0.2, -0.15) is 0 Å². The summed E-state index contributed by atoms with van der Waals surface area (Å²) in [6.07, 6.45) is 0.839. The zero-order valence-corrected chi connectivity index (χ0v) is 12.3. The first-order valence-corrected chi connectivity index (χ1v) is 7.05. The molecular formula is C16H23NO3. The quantitative estimate of drug-likeness (QED) is 0.884. The number of hydrogen-bond acceptors (Lipinski definition) is 3. The van der Waals surface area contributed by atoms with E-state index >= 15 is 0 Å². The van der Waals surface area contributed by atoms with E-state index < -0.39 is 6.10 Å². The van der Waals surface area contributed by atoms with Crippen LogP contribution in [0.5, 0.6) is 5.75 Å². The highest BCUT2D eigenvalue weighted by Gasteiger charge is 2.30. The first-order chi connectivity index (χ1) is 9.39. The second kappa shape index (κ2) is 5.83. The third kappa shape index (κ3) is 3.73. The molecule has 0 aromatic heterocycles. The molecule has 2 unspecified atom stereocenters. The lowest BCUT2D eigenvalue weighted by molar-refractivity contribution is -0.128. The Morgan fingerprint density at radius 2 is 2.15 bits per heavy atom. The van der Waals surface area contributed by atoms with Gasteiger partial charge >= 0.3 is 0 Å². The molecule has 0 radical (unpaired) electrons. The van der Waals surface area contributed by atoms with Crippen molar-refractivity contribution in [2.75, 3.05) is 6.61 Å². The van der Waals surface area contributed by atoms with Crippen molar-refractivity contribution >= 4 is 5.91 Å². The van der Waals surface area contributed by atoms with E-state index in [0.717, 1.165) is 17.7 Å². The fraction of sp³-hybridized carbons (Fsp3) is 0.562. The van der Waals surface area contributed by atoms with Crippen molar-refractivity contribution in [3.63, 3.8) is 0 Å². The first kappa shape index (κ1) is 14.9. The van der Waals surface area contributed by atoms with Crippen LogP contribution in [-0.2, 0) is 11.2 Å². The first-order valence-electron chi connectivity index (χ1n) is 7.05. The molecule has 4 nitrogen and oxygen atoms in total. The maximum atomic E-state index is 12.2. The summed E-state index contributed by atoms with van der Waals surface area (Å²) in [5.74, 6) is 0.633. The van der Waals surface area contributed by atoms with Crippen LogP contribution in [0.15, 0.2) is 24.3 Å².